The lowest BCUT2D eigenvalue weighted by atomic mass is 10.2. The third-order valence-electron chi connectivity index (χ3n) is 4.78. The number of nitro groups is 1. The number of nitrogens with zero attached hydrogens (tertiary/aromatic N) is 5. The molecule has 2 N–H and O–H groups in total. The van der Waals surface area contributed by atoms with E-state index in [1.165, 1.54) is 11.0 Å². The SMILES string of the molecule is O=C1O[C@@H](CNC=NN[N+](=O)[O-])CN1c1ccc(N2Cc3cccnc3C2)c(F)c1. The Morgan fingerprint density at radius 1 is 1.40 bits per heavy atom. The summed E-state index contributed by atoms with van der Waals surface area (Å²) in [6.07, 6.45) is 1.71. The number of nitrogens with one attached hydrogen (secondary N) is 2. The van der Waals surface area contributed by atoms with Gasteiger partial charge in [-0.25, -0.2) is 9.18 Å². The van der Waals surface area contributed by atoms with Crippen LogP contribution in [0.2, 0.25) is 0 Å². The fourth-order valence-corrected chi connectivity index (χ4v) is 3.43. The molecular formula is C18H18FN7O4. The zero-order chi connectivity index (χ0) is 21.1. The van der Waals surface area contributed by atoms with Crippen LogP contribution in [-0.2, 0) is 17.8 Å². The van der Waals surface area contributed by atoms with Gasteiger partial charge in [0.15, 0.2) is 0 Å². The topological polar surface area (TPSA) is 125 Å². The van der Waals surface area contributed by atoms with E-state index in [0.717, 1.165) is 17.6 Å². The minimum absolute atomic E-state index is 0.199. The predicted molar refractivity (Wildman–Crippen MR) is 105 cm³/mol. The van der Waals surface area contributed by atoms with Crippen LogP contribution in [0.1, 0.15) is 11.3 Å². The summed E-state index contributed by atoms with van der Waals surface area (Å²) < 4.78 is 20.1. The van der Waals surface area contributed by atoms with Crippen molar-refractivity contribution >= 4 is 23.8 Å². The Kier molecular flexibility index (Phi) is 5.28. The van der Waals surface area contributed by atoms with Gasteiger partial charge >= 0.3 is 6.09 Å². The lowest BCUT2D eigenvalue weighted by Gasteiger charge is -2.20. The van der Waals surface area contributed by atoms with Crippen LogP contribution in [0.3, 0.4) is 0 Å². The molecule has 1 saturated heterocycles. The first-order valence-corrected chi connectivity index (χ1v) is 9.11. The first-order chi connectivity index (χ1) is 14.5. The first-order valence-electron chi connectivity index (χ1n) is 9.11. The number of hydrazine groups is 1. The third-order valence-corrected chi connectivity index (χ3v) is 4.78. The van der Waals surface area contributed by atoms with E-state index >= 15 is 0 Å². The van der Waals surface area contributed by atoms with Crippen LogP contribution < -0.4 is 20.7 Å². The minimum Gasteiger partial charge on any atom is -0.442 e. The summed E-state index contributed by atoms with van der Waals surface area (Å²) in [7, 11) is 0. The van der Waals surface area contributed by atoms with E-state index in [2.05, 4.69) is 15.4 Å². The van der Waals surface area contributed by atoms with Crippen molar-refractivity contribution in [2.24, 2.45) is 5.10 Å². The number of fused-ring (bicyclic) bond motifs is 1. The van der Waals surface area contributed by atoms with E-state index in [1.54, 1.807) is 23.9 Å². The Morgan fingerprint density at radius 2 is 2.27 bits per heavy atom. The van der Waals surface area contributed by atoms with Crippen molar-refractivity contribution in [2.45, 2.75) is 19.2 Å². The average Bonchev–Trinajstić information content (AvgIpc) is 3.30. The molecule has 0 spiro atoms. The maximum Gasteiger partial charge on any atom is 0.414 e. The number of hydrogen-bond donors (Lipinski definition) is 2. The fourth-order valence-electron chi connectivity index (χ4n) is 3.43. The summed E-state index contributed by atoms with van der Waals surface area (Å²) in [4.78, 5) is 29.8. The van der Waals surface area contributed by atoms with Crippen molar-refractivity contribution in [3.05, 3.63) is 63.7 Å². The molecule has 0 bridgehead atoms. The quantitative estimate of drug-likeness (QED) is 0.301. The Balaban J connectivity index is 1.38. The predicted octanol–water partition coefficient (Wildman–Crippen LogP) is 1.38. The summed E-state index contributed by atoms with van der Waals surface area (Å²) in [5, 5.41) is 15.3. The van der Waals surface area contributed by atoms with Gasteiger partial charge in [0.05, 0.1) is 46.8 Å². The lowest BCUT2D eigenvalue weighted by molar-refractivity contribution is -0.544. The van der Waals surface area contributed by atoms with Gasteiger partial charge in [0, 0.05) is 12.7 Å². The van der Waals surface area contributed by atoms with Gasteiger partial charge in [-0.2, -0.15) is 0 Å². The zero-order valence-corrected chi connectivity index (χ0v) is 15.7. The number of rotatable bonds is 7. The molecule has 2 aromatic rings. The van der Waals surface area contributed by atoms with Crippen molar-refractivity contribution in [1.29, 1.82) is 0 Å². The van der Waals surface area contributed by atoms with Crippen LogP contribution in [0.15, 0.2) is 41.6 Å². The molecule has 2 aliphatic rings. The summed E-state index contributed by atoms with van der Waals surface area (Å²) in [6.45, 7) is 1.51. The molecule has 0 saturated carbocycles. The largest absolute Gasteiger partial charge is 0.442 e. The summed E-state index contributed by atoms with van der Waals surface area (Å²) >= 11 is 0. The molecule has 1 amide bonds. The van der Waals surface area contributed by atoms with E-state index < -0.39 is 23.0 Å². The Morgan fingerprint density at radius 3 is 3.03 bits per heavy atom. The van der Waals surface area contributed by atoms with E-state index in [1.807, 2.05) is 17.0 Å². The van der Waals surface area contributed by atoms with Crippen molar-refractivity contribution in [1.82, 2.24) is 15.8 Å². The van der Waals surface area contributed by atoms with E-state index in [4.69, 9.17) is 4.74 Å². The highest BCUT2D eigenvalue weighted by Crippen LogP contribution is 2.32. The van der Waals surface area contributed by atoms with Gasteiger partial charge in [-0.05, 0) is 35.4 Å². The highest BCUT2D eigenvalue weighted by atomic mass is 19.1. The third kappa shape index (κ3) is 4.06. The van der Waals surface area contributed by atoms with Gasteiger partial charge in [0.25, 0.3) is 0 Å². The number of ether oxygens (including phenoxy) is 1. The maximum atomic E-state index is 14.8. The monoisotopic (exact) mass is 415 g/mol. The second-order valence-electron chi connectivity index (χ2n) is 6.74. The van der Waals surface area contributed by atoms with Crippen LogP contribution in [0, 0.1) is 15.9 Å². The highest BCUT2D eigenvalue weighted by Gasteiger charge is 2.33. The number of cyclic esters (lactones) is 1. The highest BCUT2D eigenvalue weighted by molar-refractivity contribution is 5.90. The Hall–Kier alpha value is -3.96. The molecule has 11 nitrogen and oxygen atoms in total. The van der Waals surface area contributed by atoms with Gasteiger partial charge in [-0.1, -0.05) is 6.07 Å². The summed E-state index contributed by atoms with van der Waals surface area (Å²) in [5.41, 5.74) is 4.44. The molecular weight excluding hydrogens is 397 g/mol. The number of pyridine rings is 1. The molecule has 4 rings (SSSR count). The van der Waals surface area contributed by atoms with Crippen LogP contribution >= 0.6 is 0 Å². The molecule has 30 heavy (non-hydrogen) atoms. The van der Waals surface area contributed by atoms with Gasteiger partial charge in [0.2, 0.25) is 6.34 Å². The molecule has 1 aromatic heterocycles. The van der Waals surface area contributed by atoms with Crippen molar-refractivity contribution in [3.8, 4) is 0 Å². The van der Waals surface area contributed by atoms with Gasteiger partial charge in [-0.15, -0.1) is 0 Å². The normalized spacial score (nSPS) is 17.9. The van der Waals surface area contributed by atoms with Gasteiger partial charge in [0.1, 0.15) is 11.9 Å². The number of hydrogen-bond acceptors (Lipinski definition) is 7. The fraction of sp³-hybridized carbons (Fsp3) is 0.278. The molecule has 0 aliphatic carbocycles. The number of hydrazone groups is 1. The van der Waals surface area contributed by atoms with E-state index in [-0.39, 0.29) is 13.1 Å². The van der Waals surface area contributed by atoms with Crippen LogP contribution in [-0.4, -0.2) is 41.6 Å². The standard InChI is InChI=1S/C18H18FN7O4/c19-15-6-13(3-4-17(15)24-8-12-2-1-5-21-16(12)10-24)25-9-14(30-18(25)27)7-20-11-22-23-26(28)29/h1-6,11,14,23H,7-10H2,(H,20,22)/t14-/m0/s1. The minimum atomic E-state index is -0.814. The molecule has 1 fully saturated rings. The Bertz CT molecular complexity index is 977. The van der Waals surface area contributed by atoms with Crippen molar-refractivity contribution < 1.29 is 19.0 Å². The number of carbonyl (C=O) groups excluding carboxylic acids is 1. The molecule has 1 aromatic carbocycles. The first kappa shape index (κ1) is 19.4. The molecule has 12 heteroatoms. The van der Waals surface area contributed by atoms with E-state index in [0.29, 0.717) is 24.5 Å². The molecule has 0 radical (unpaired) electrons. The number of halogens is 1. The second-order valence-corrected chi connectivity index (χ2v) is 6.74. The zero-order valence-electron chi connectivity index (χ0n) is 15.7. The number of carbonyl (C=O) groups is 1. The number of aromatic nitrogens is 1. The number of amides is 1. The lowest BCUT2D eigenvalue weighted by Crippen LogP contribution is -2.31. The summed E-state index contributed by atoms with van der Waals surface area (Å²) in [5.74, 6) is -0.437. The Labute approximate surface area is 170 Å². The molecule has 156 valence electrons. The van der Waals surface area contributed by atoms with E-state index in [9.17, 15) is 19.3 Å². The second kappa shape index (κ2) is 8.19. The summed E-state index contributed by atoms with van der Waals surface area (Å²) in [6, 6.07) is 8.46. The van der Waals surface area contributed by atoms with Gasteiger partial charge in [-0.3, -0.25) is 9.88 Å². The molecule has 3 heterocycles. The van der Waals surface area contributed by atoms with Crippen molar-refractivity contribution in [2.75, 3.05) is 22.9 Å². The number of anilines is 2. The number of benzene rings is 1. The molecule has 0 unspecified atom stereocenters. The van der Waals surface area contributed by atoms with Crippen LogP contribution in [0.4, 0.5) is 20.6 Å². The average molecular weight is 415 g/mol. The molecule has 2 aliphatic heterocycles. The molecule has 1 atom stereocenters. The smallest absolute Gasteiger partial charge is 0.414 e. The van der Waals surface area contributed by atoms with Crippen molar-refractivity contribution in [3.63, 3.8) is 0 Å². The van der Waals surface area contributed by atoms with Crippen LogP contribution in [0.25, 0.3) is 0 Å². The van der Waals surface area contributed by atoms with Gasteiger partial charge < -0.3 is 25.1 Å². The maximum absolute atomic E-state index is 14.8. The van der Waals surface area contributed by atoms with Crippen LogP contribution in [0.5, 0.6) is 0 Å².